The Morgan fingerprint density at radius 3 is 2.74 bits per heavy atom. The normalized spacial score (nSPS) is 18.0. The van der Waals surface area contributed by atoms with E-state index in [2.05, 4.69) is 20.3 Å². The van der Waals surface area contributed by atoms with Gasteiger partial charge in [-0.25, -0.2) is 4.98 Å². The molecule has 0 bridgehead atoms. The Morgan fingerprint density at radius 2 is 2.00 bits per heavy atom. The molecule has 6 nitrogen and oxygen atoms in total. The van der Waals surface area contributed by atoms with Crippen LogP contribution in [0.1, 0.15) is 48.6 Å². The van der Waals surface area contributed by atoms with E-state index in [1.54, 1.807) is 12.3 Å². The summed E-state index contributed by atoms with van der Waals surface area (Å²) < 4.78 is 1.95. The molecule has 0 radical (unpaired) electrons. The molecule has 0 aromatic carbocycles. The van der Waals surface area contributed by atoms with Gasteiger partial charge in [0.1, 0.15) is 11.5 Å². The second kappa shape index (κ2) is 6.02. The second-order valence-corrected chi connectivity index (χ2v) is 6.32. The lowest BCUT2D eigenvalue weighted by atomic mass is 9.93. The summed E-state index contributed by atoms with van der Waals surface area (Å²) in [5.41, 5.74) is 1.18. The van der Waals surface area contributed by atoms with E-state index < -0.39 is 0 Å². The number of amides is 1. The summed E-state index contributed by atoms with van der Waals surface area (Å²) in [5.74, 6) is 0.708. The number of nitrogens with one attached hydrogen (secondary N) is 1. The van der Waals surface area contributed by atoms with E-state index in [9.17, 15) is 4.79 Å². The van der Waals surface area contributed by atoms with Gasteiger partial charge in [-0.1, -0.05) is 6.07 Å². The van der Waals surface area contributed by atoms with Gasteiger partial charge in [-0.3, -0.25) is 9.48 Å². The van der Waals surface area contributed by atoms with Crippen LogP contribution in [0.15, 0.2) is 30.6 Å². The Bertz CT molecular complexity index is 701. The molecule has 3 heterocycles. The molecule has 2 aliphatic rings. The monoisotopic (exact) mass is 311 g/mol. The van der Waals surface area contributed by atoms with Crippen molar-refractivity contribution in [2.45, 2.75) is 38.1 Å². The van der Waals surface area contributed by atoms with Crippen LogP contribution in [-0.4, -0.2) is 33.8 Å². The molecule has 4 rings (SSSR count). The first-order valence-corrected chi connectivity index (χ1v) is 8.37. The van der Waals surface area contributed by atoms with E-state index in [0.29, 0.717) is 11.7 Å². The Hall–Kier alpha value is -2.37. The number of nitrogens with zero attached hydrogens (tertiary/aromatic N) is 4. The van der Waals surface area contributed by atoms with Gasteiger partial charge in [-0.05, 0) is 44.2 Å². The van der Waals surface area contributed by atoms with Crippen LogP contribution in [0, 0.1) is 0 Å². The highest BCUT2D eigenvalue weighted by Gasteiger charge is 2.21. The van der Waals surface area contributed by atoms with Gasteiger partial charge < -0.3 is 10.2 Å². The zero-order valence-electron chi connectivity index (χ0n) is 13.1. The van der Waals surface area contributed by atoms with Gasteiger partial charge in [0.2, 0.25) is 0 Å². The van der Waals surface area contributed by atoms with Crippen LogP contribution < -0.4 is 10.2 Å². The van der Waals surface area contributed by atoms with E-state index >= 15 is 0 Å². The fraction of sp³-hybridized carbons (Fsp3) is 0.471. The maximum atomic E-state index is 12.4. The summed E-state index contributed by atoms with van der Waals surface area (Å²) in [6.45, 7) is 2.04. The summed E-state index contributed by atoms with van der Waals surface area (Å²) in [7, 11) is 0. The van der Waals surface area contributed by atoms with Crippen molar-refractivity contribution in [2.75, 3.05) is 23.3 Å². The molecule has 23 heavy (non-hydrogen) atoms. The third kappa shape index (κ3) is 2.93. The lowest BCUT2D eigenvalue weighted by Crippen LogP contribution is -2.21. The Labute approximate surface area is 135 Å². The number of pyridine rings is 1. The SMILES string of the molecule is O=C(Nc1cnn(C2CCC2)c1)c1cccc(N2CCCC2)n1. The third-order valence-corrected chi connectivity index (χ3v) is 4.71. The van der Waals surface area contributed by atoms with E-state index in [1.165, 1.54) is 32.1 Å². The maximum Gasteiger partial charge on any atom is 0.274 e. The van der Waals surface area contributed by atoms with Crippen molar-refractivity contribution in [1.82, 2.24) is 14.8 Å². The van der Waals surface area contributed by atoms with Crippen molar-refractivity contribution in [2.24, 2.45) is 0 Å². The number of carbonyl (C=O) groups excluding carboxylic acids is 1. The smallest absolute Gasteiger partial charge is 0.274 e. The molecule has 6 heteroatoms. The molecule has 2 aromatic heterocycles. The highest BCUT2D eigenvalue weighted by atomic mass is 16.1. The van der Waals surface area contributed by atoms with Gasteiger partial charge in [0.25, 0.3) is 5.91 Å². The maximum absolute atomic E-state index is 12.4. The first-order chi connectivity index (χ1) is 11.3. The number of hydrogen-bond acceptors (Lipinski definition) is 4. The quantitative estimate of drug-likeness (QED) is 0.943. The predicted octanol–water partition coefficient (Wildman–Crippen LogP) is 2.86. The standard InChI is InChI=1S/C17H21N5O/c23-17(19-13-11-18-22(12-13)14-5-3-6-14)15-7-4-8-16(20-15)21-9-1-2-10-21/h4,7-8,11-12,14H,1-3,5-6,9-10H2,(H,19,23). The van der Waals surface area contributed by atoms with Crippen LogP contribution in [0.3, 0.4) is 0 Å². The first-order valence-electron chi connectivity index (χ1n) is 8.37. The molecule has 1 saturated carbocycles. The first kappa shape index (κ1) is 14.2. The molecule has 1 amide bonds. The summed E-state index contributed by atoms with van der Waals surface area (Å²) >= 11 is 0. The molecule has 1 aliphatic carbocycles. The van der Waals surface area contributed by atoms with E-state index in [1.807, 2.05) is 23.0 Å². The second-order valence-electron chi connectivity index (χ2n) is 6.32. The van der Waals surface area contributed by atoms with Crippen LogP contribution in [-0.2, 0) is 0 Å². The molecule has 2 fully saturated rings. The summed E-state index contributed by atoms with van der Waals surface area (Å²) in [6, 6.07) is 6.12. The van der Waals surface area contributed by atoms with Crippen molar-refractivity contribution >= 4 is 17.4 Å². The van der Waals surface area contributed by atoms with Crippen LogP contribution in [0.4, 0.5) is 11.5 Å². The zero-order chi connectivity index (χ0) is 15.6. The molecule has 2 aromatic rings. The average molecular weight is 311 g/mol. The minimum absolute atomic E-state index is 0.181. The molecule has 0 atom stereocenters. The van der Waals surface area contributed by atoms with Crippen LogP contribution >= 0.6 is 0 Å². The van der Waals surface area contributed by atoms with Gasteiger partial charge in [0.05, 0.1) is 17.9 Å². The molecule has 0 spiro atoms. The number of hydrogen-bond donors (Lipinski definition) is 1. The summed E-state index contributed by atoms with van der Waals surface area (Å²) in [6.07, 6.45) is 9.62. The molecular weight excluding hydrogens is 290 g/mol. The van der Waals surface area contributed by atoms with Gasteiger partial charge in [0.15, 0.2) is 0 Å². The van der Waals surface area contributed by atoms with Crippen molar-refractivity contribution in [1.29, 1.82) is 0 Å². The largest absolute Gasteiger partial charge is 0.357 e. The van der Waals surface area contributed by atoms with Gasteiger partial charge in [-0.2, -0.15) is 5.10 Å². The fourth-order valence-electron chi connectivity index (χ4n) is 3.12. The van der Waals surface area contributed by atoms with Gasteiger partial charge in [-0.15, -0.1) is 0 Å². The van der Waals surface area contributed by atoms with Crippen molar-refractivity contribution in [3.8, 4) is 0 Å². The van der Waals surface area contributed by atoms with E-state index in [-0.39, 0.29) is 5.91 Å². The van der Waals surface area contributed by atoms with Crippen molar-refractivity contribution in [3.63, 3.8) is 0 Å². The predicted molar refractivity (Wildman–Crippen MR) is 88.8 cm³/mol. The Balaban J connectivity index is 1.45. The van der Waals surface area contributed by atoms with Crippen LogP contribution in [0.25, 0.3) is 0 Å². The molecule has 1 saturated heterocycles. The number of anilines is 2. The third-order valence-electron chi connectivity index (χ3n) is 4.71. The molecule has 0 unspecified atom stereocenters. The van der Waals surface area contributed by atoms with Gasteiger partial charge in [0, 0.05) is 19.3 Å². The van der Waals surface area contributed by atoms with E-state index in [4.69, 9.17) is 0 Å². The van der Waals surface area contributed by atoms with Crippen LogP contribution in [0.2, 0.25) is 0 Å². The summed E-state index contributed by atoms with van der Waals surface area (Å²) in [4.78, 5) is 19.1. The molecule has 1 aliphatic heterocycles. The number of rotatable bonds is 4. The minimum Gasteiger partial charge on any atom is -0.357 e. The highest BCUT2D eigenvalue weighted by molar-refractivity contribution is 6.02. The Morgan fingerprint density at radius 1 is 1.17 bits per heavy atom. The van der Waals surface area contributed by atoms with Crippen molar-refractivity contribution in [3.05, 3.63) is 36.3 Å². The molecule has 1 N–H and O–H groups in total. The number of aromatic nitrogens is 3. The molecular formula is C17H21N5O. The fourth-order valence-corrected chi connectivity index (χ4v) is 3.12. The molecule has 120 valence electrons. The summed E-state index contributed by atoms with van der Waals surface area (Å²) in [5, 5.41) is 7.23. The van der Waals surface area contributed by atoms with Gasteiger partial charge >= 0.3 is 0 Å². The highest BCUT2D eigenvalue weighted by Crippen LogP contribution is 2.31. The lowest BCUT2D eigenvalue weighted by molar-refractivity contribution is 0.102. The van der Waals surface area contributed by atoms with Crippen LogP contribution in [0.5, 0.6) is 0 Å². The van der Waals surface area contributed by atoms with Crippen molar-refractivity contribution < 1.29 is 4.79 Å². The average Bonchev–Trinajstić information content (AvgIpc) is 3.18. The Kier molecular flexibility index (Phi) is 3.73. The number of carbonyl (C=O) groups is 1. The van der Waals surface area contributed by atoms with E-state index in [0.717, 1.165) is 24.6 Å². The lowest BCUT2D eigenvalue weighted by Gasteiger charge is -2.25. The topological polar surface area (TPSA) is 63.1 Å². The minimum atomic E-state index is -0.181. The zero-order valence-corrected chi connectivity index (χ0v) is 13.1.